The quantitative estimate of drug-likeness (QED) is 0.134. The van der Waals surface area contributed by atoms with E-state index < -0.39 is 14.4 Å². The van der Waals surface area contributed by atoms with Gasteiger partial charge in [-0.2, -0.15) is 0 Å². The minimum atomic E-state index is -2.32. The van der Waals surface area contributed by atoms with E-state index in [0.717, 1.165) is 60.9 Å². The summed E-state index contributed by atoms with van der Waals surface area (Å²) >= 11 is 0. The molecule has 0 radical (unpaired) electrons. The van der Waals surface area contributed by atoms with Gasteiger partial charge in [0, 0.05) is 31.4 Å². The Kier molecular flexibility index (Phi) is 12.2. The van der Waals surface area contributed by atoms with Crippen LogP contribution >= 0.6 is 0 Å². The lowest BCUT2D eigenvalue weighted by molar-refractivity contribution is 0.0699. The number of hydrogen-bond donors (Lipinski definition) is 2. The Hall–Kier alpha value is -3.64. The summed E-state index contributed by atoms with van der Waals surface area (Å²) in [5, 5.41) is 10.5. The number of nitrogens with one attached hydrogen (secondary N) is 2. The van der Waals surface area contributed by atoms with Crippen molar-refractivity contribution in [1.82, 2.24) is 20.4 Å². The van der Waals surface area contributed by atoms with Crippen LogP contribution in [-0.2, 0) is 9.47 Å². The molecule has 1 aliphatic rings. The second-order valence-electron chi connectivity index (χ2n) is 15.2. The topological polar surface area (TPSA) is 130 Å². The van der Waals surface area contributed by atoms with Gasteiger partial charge in [0.1, 0.15) is 11.6 Å². The molecule has 12 heteroatoms. The van der Waals surface area contributed by atoms with Crippen molar-refractivity contribution in [1.29, 1.82) is 0 Å². The fourth-order valence-corrected chi connectivity index (χ4v) is 6.07. The number of amides is 1. The summed E-state index contributed by atoms with van der Waals surface area (Å²) in [5.74, 6) is 3.72. The first-order chi connectivity index (χ1) is 22.5. The van der Waals surface area contributed by atoms with E-state index in [9.17, 15) is 4.79 Å². The van der Waals surface area contributed by atoms with Gasteiger partial charge in [-0.25, -0.2) is 14.8 Å². The molecule has 0 bridgehead atoms. The smallest absolute Gasteiger partial charge is 0.407 e. The van der Waals surface area contributed by atoms with Gasteiger partial charge in [0.15, 0.2) is 17.3 Å². The molecule has 1 amide bonds. The molecule has 0 aliphatic carbocycles. The van der Waals surface area contributed by atoms with E-state index in [2.05, 4.69) is 49.7 Å². The Morgan fingerprint density at radius 2 is 1.73 bits per heavy atom. The minimum Gasteiger partial charge on any atom is -0.541 e. The Morgan fingerprint density at radius 3 is 2.38 bits per heavy atom. The zero-order chi connectivity index (χ0) is 35.1. The highest BCUT2D eigenvalue weighted by atomic mass is 28.4. The number of aryl methyl sites for hydroxylation is 2. The molecule has 48 heavy (non-hydrogen) atoms. The summed E-state index contributed by atoms with van der Waals surface area (Å²) in [6.45, 7) is 23.8. The van der Waals surface area contributed by atoms with Crippen molar-refractivity contribution in [3.63, 3.8) is 0 Å². The monoisotopic (exact) mass is 681 g/mol. The van der Waals surface area contributed by atoms with Gasteiger partial charge in [-0.15, -0.1) is 0 Å². The van der Waals surface area contributed by atoms with E-state index in [1.807, 2.05) is 58.9 Å². The van der Waals surface area contributed by atoms with Gasteiger partial charge in [0.05, 0.1) is 35.7 Å². The van der Waals surface area contributed by atoms with Crippen LogP contribution in [0.3, 0.4) is 0 Å². The van der Waals surface area contributed by atoms with Crippen LogP contribution in [0.15, 0.2) is 28.8 Å². The number of para-hydroxylation sites is 1. The molecule has 0 saturated carbocycles. The first-order valence-corrected chi connectivity index (χ1v) is 20.0. The molecule has 0 atom stereocenters. The van der Waals surface area contributed by atoms with Crippen LogP contribution in [0.2, 0.25) is 18.1 Å². The number of carbonyl (C=O) groups is 1. The summed E-state index contributed by atoms with van der Waals surface area (Å²) in [4.78, 5) is 22.1. The Bertz CT molecular complexity index is 1500. The maximum atomic E-state index is 12.0. The van der Waals surface area contributed by atoms with Crippen molar-refractivity contribution in [3.05, 3.63) is 35.7 Å². The second kappa shape index (κ2) is 15.7. The third-order valence-corrected chi connectivity index (χ3v) is 13.1. The number of nitrogens with zero attached hydrogens (tertiary/aromatic N) is 3. The number of anilines is 1. The van der Waals surface area contributed by atoms with Crippen LogP contribution in [0.1, 0.15) is 78.7 Å². The van der Waals surface area contributed by atoms with Crippen LogP contribution in [0.5, 0.6) is 11.5 Å². The zero-order valence-corrected chi connectivity index (χ0v) is 31.5. The van der Waals surface area contributed by atoms with E-state index in [0.29, 0.717) is 55.1 Å². The van der Waals surface area contributed by atoms with Crippen molar-refractivity contribution >= 4 is 20.2 Å². The number of aromatic nitrogens is 3. The van der Waals surface area contributed by atoms with E-state index in [4.69, 9.17) is 33.1 Å². The van der Waals surface area contributed by atoms with Crippen molar-refractivity contribution < 1.29 is 28.0 Å². The lowest BCUT2D eigenvalue weighted by atomic mass is 10.0. The van der Waals surface area contributed by atoms with Crippen molar-refractivity contribution in [2.24, 2.45) is 5.92 Å². The number of rotatable bonds is 13. The summed E-state index contributed by atoms with van der Waals surface area (Å²) in [7, 11) is -2.32. The summed E-state index contributed by atoms with van der Waals surface area (Å²) in [6.07, 6.45) is 2.98. The predicted molar refractivity (Wildman–Crippen MR) is 191 cm³/mol. The highest BCUT2D eigenvalue weighted by Gasteiger charge is 2.40. The summed E-state index contributed by atoms with van der Waals surface area (Å²) in [6, 6.07) is 7.84. The molecule has 264 valence electrons. The summed E-state index contributed by atoms with van der Waals surface area (Å²) < 4.78 is 29.8. The fourth-order valence-electron chi connectivity index (χ4n) is 5.05. The molecule has 1 saturated heterocycles. The summed E-state index contributed by atoms with van der Waals surface area (Å²) in [5.41, 5.74) is 2.75. The number of benzene rings is 1. The Balaban J connectivity index is 1.65. The average molecular weight is 682 g/mol. The number of hydrogen-bond acceptors (Lipinski definition) is 10. The van der Waals surface area contributed by atoms with E-state index in [-0.39, 0.29) is 10.6 Å². The second-order valence-corrected chi connectivity index (χ2v) is 19.9. The molecule has 1 aliphatic heterocycles. The third kappa shape index (κ3) is 10.2. The standard InChI is InChI=1S/C36H55N5O6Si/c1-24-31(25(2)46-41-24)28-22-30(37-23-26-16-20-43-21-17-26)39-33(38-28)27-14-13-15-29(32(27)47-48(9,10)36(6,7)8)44-18-11-12-19-45-34(42)40-35(3,4)5/h13-15,22,26H,11-12,16-21,23H2,1-10H3,(H,40,42)(H,37,38,39). The molecular formula is C36H55N5O6Si. The van der Waals surface area contributed by atoms with Crippen LogP contribution < -0.4 is 19.8 Å². The largest absolute Gasteiger partial charge is 0.541 e. The van der Waals surface area contributed by atoms with Crippen LogP contribution in [0, 0.1) is 19.8 Å². The first kappa shape index (κ1) is 37.2. The molecule has 0 spiro atoms. The van der Waals surface area contributed by atoms with Gasteiger partial charge < -0.3 is 33.8 Å². The maximum Gasteiger partial charge on any atom is 0.407 e. The van der Waals surface area contributed by atoms with Crippen molar-refractivity contribution in [2.45, 2.75) is 105 Å². The maximum absolute atomic E-state index is 12.0. The molecule has 1 aromatic carbocycles. The van der Waals surface area contributed by atoms with Gasteiger partial charge >= 0.3 is 6.09 Å². The highest BCUT2D eigenvalue weighted by molar-refractivity contribution is 6.74. The van der Waals surface area contributed by atoms with Gasteiger partial charge in [-0.05, 0) is 96.5 Å². The number of alkyl carbamates (subject to hydrolysis) is 1. The number of ether oxygens (including phenoxy) is 3. The molecular weight excluding hydrogens is 627 g/mol. The van der Waals surface area contributed by atoms with Gasteiger partial charge in [0.2, 0.25) is 0 Å². The number of unbranched alkanes of at least 4 members (excludes halogenated alkanes) is 1. The van der Waals surface area contributed by atoms with Crippen molar-refractivity contribution in [3.8, 4) is 34.1 Å². The minimum absolute atomic E-state index is 0.0574. The SMILES string of the molecule is Cc1noc(C)c1-c1cc(NCC2CCOCC2)nc(-c2cccc(OCCCCOC(=O)NC(C)(C)C)c2O[Si](C)(C)C(C)(C)C)n1. The molecule has 3 aromatic rings. The predicted octanol–water partition coefficient (Wildman–Crippen LogP) is 8.32. The van der Waals surface area contributed by atoms with Crippen molar-refractivity contribution in [2.75, 3.05) is 38.3 Å². The molecule has 11 nitrogen and oxygen atoms in total. The van der Waals surface area contributed by atoms with E-state index in [1.54, 1.807) is 0 Å². The Morgan fingerprint density at radius 1 is 1.02 bits per heavy atom. The molecule has 2 N–H and O–H groups in total. The van der Waals surface area contributed by atoms with Crippen LogP contribution in [-0.4, -0.2) is 68.0 Å². The van der Waals surface area contributed by atoms with Gasteiger partial charge in [-0.1, -0.05) is 32.0 Å². The molecule has 2 aromatic heterocycles. The average Bonchev–Trinajstić information content (AvgIpc) is 3.34. The molecule has 3 heterocycles. The normalized spacial score (nSPS) is 14.5. The number of carbonyl (C=O) groups excluding carboxylic acids is 1. The molecule has 0 unspecified atom stereocenters. The van der Waals surface area contributed by atoms with Crippen LogP contribution in [0.25, 0.3) is 22.6 Å². The van der Waals surface area contributed by atoms with E-state index in [1.165, 1.54) is 0 Å². The van der Waals surface area contributed by atoms with Gasteiger partial charge in [0.25, 0.3) is 8.32 Å². The lowest BCUT2D eigenvalue weighted by Crippen LogP contribution is -2.44. The fraction of sp³-hybridized carbons (Fsp3) is 0.611. The first-order valence-electron chi connectivity index (χ1n) is 17.1. The lowest BCUT2D eigenvalue weighted by Gasteiger charge is -2.37. The third-order valence-electron chi connectivity index (χ3n) is 8.82. The van der Waals surface area contributed by atoms with Crippen LogP contribution in [0.4, 0.5) is 10.6 Å². The zero-order valence-electron chi connectivity index (χ0n) is 30.5. The molecule has 1 fully saturated rings. The highest BCUT2D eigenvalue weighted by Crippen LogP contribution is 2.44. The van der Waals surface area contributed by atoms with Gasteiger partial charge in [-0.3, -0.25) is 0 Å². The molecule has 4 rings (SSSR count). The van der Waals surface area contributed by atoms with E-state index >= 15 is 0 Å². The Labute approximate surface area is 287 Å².